The maximum atomic E-state index is 4.70. The molecule has 5 heteroatoms. The first-order valence-electron chi connectivity index (χ1n) is 10.5. The van der Waals surface area contributed by atoms with Crippen molar-refractivity contribution in [3.05, 3.63) is 73.1 Å². The molecule has 2 aromatic carbocycles. The van der Waals surface area contributed by atoms with Gasteiger partial charge in [0.25, 0.3) is 0 Å². The van der Waals surface area contributed by atoms with Crippen LogP contribution in [0.5, 0.6) is 0 Å². The van der Waals surface area contributed by atoms with Crippen LogP contribution in [0.15, 0.2) is 73.1 Å². The van der Waals surface area contributed by atoms with Crippen molar-refractivity contribution in [2.24, 2.45) is 0 Å². The van der Waals surface area contributed by atoms with Crippen molar-refractivity contribution in [3.63, 3.8) is 0 Å². The molecule has 0 amide bonds. The van der Waals surface area contributed by atoms with E-state index >= 15 is 0 Å². The summed E-state index contributed by atoms with van der Waals surface area (Å²) < 4.78 is 0. The number of anilines is 4. The summed E-state index contributed by atoms with van der Waals surface area (Å²) in [6.07, 6.45) is 5.70. The molecule has 4 rings (SSSR count). The van der Waals surface area contributed by atoms with E-state index < -0.39 is 0 Å². The molecule has 1 fully saturated rings. The highest BCUT2D eigenvalue weighted by Gasteiger charge is 2.11. The van der Waals surface area contributed by atoms with Crippen LogP contribution in [-0.4, -0.2) is 30.1 Å². The summed E-state index contributed by atoms with van der Waals surface area (Å²) in [6, 6.07) is 18.8. The highest BCUT2D eigenvalue weighted by molar-refractivity contribution is 5.66. The zero-order chi connectivity index (χ0) is 20.9. The molecular formula is C25H29N5. The van der Waals surface area contributed by atoms with Gasteiger partial charge < -0.3 is 15.1 Å². The summed E-state index contributed by atoms with van der Waals surface area (Å²) in [4.78, 5) is 13.6. The normalized spacial score (nSPS) is 13.7. The molecule has 0 spiro atoms. The topological polar surface area (TPSA) is 44.3 Å². The first-order valence-corrected chi connectivity index (χ1v) is 10.5. The molecule has 1 saturated heterocycles. The highest BCUT2D eigenvalue weighted by atomic mass is 15.1. The third-order valence-corrected chi connectivity index (χ3v) is 5.62. The number of hydrogen-bond acceptors (Lipinski definition) is 5. The van der Waals surface area contributed by atoms with Crippen LogP contribution in [0.1, 0.15) is 26.2 Å². The Kier molecular flexibility index (Phi) is 5.98. The van der Waals surface area contributed by atoms with Crippen LogP contribution in [-0.2, 0) is 0 Å². The van der Waals surface area contributed by atoms with Crippen LogP contribution in [0.2, 0.25) is 0 Å². The Labute approximate surface area is 179 Å². The lowest BCUT2D eigenvalue weighted by Gasteiger charge is -2.28. The predicted molar refractivity (Wildman–Crippen MR) is 126 cm³/mol. The second-order valence-electron chi connectivity index (χ2n) is 7.83. The number of nitrogens with zero attached hydrogens (tertiary/aromatic N) is 4. The van der Waals surface area contributed by atoms with Crippen LogP contribution in [0.3, 0.4) is 0 Å². The minimum Gasteiger partial charge on any atom is -0.372 e. The second-order valence-corrected chi connectivity index (χ2v) is 7.83. The molecule has 30 heavy (non-hydrogen) atoms. The Morgan fingerprint density at radius 3 is 2.33 bits per heavy atom. The lowest BCUT2D eigenvalue weighted by Crippen LogP contribution is -2.29. The van der Waals surface area contributed by atoms with Gasteiger partial charge in [-0.15, -0.1) is 0 Å². The molecule has 0 aliphatic carbocycles. The summed E-state index contributed by atoms with van der Waals surface area (Å²) in [5, 5.41) is 3.33. The molecular weight excluding hydrogens is 370 g/mol. The van der Waals surface area contributed by atoms with E-state index in [0.29, 0.717) is 5.95 Å². The lowest BCUT2D eigenvalue weighted by atomic mass is 10.1. The van der Waals surface area contributed by atoms with Gasteiger partial charge in [0.1, 0.15) is 0 Å². The molecule has 154 valence electrons. The van der Waals surface area contributed by atoms with Crippen molar-refractivity contribution in [1.82, 2.24) is 9.97 Å². The summed E-state index contributed by atoms with van der Waals surface area (Å²) in [7, 11) is 2.01. The van der Waals surface area contributed by atoms with E-state index in [0.717, 1.165) is 41.4 Å². The Morgan fingerprint density at radius 2 is 1.67 bits per heavy atom. The van der Waals surface area contributed by atoms with Crippen LogP contribution in [0.4, 0.5) is 23.0 Å². The Hall–Kier alpha value is -3.34. The quantitative estimate of drug-likeness (QED) is 0.563. The fourth-order valence-electron chi connectivity index (χ4n) is 3.69. The first-order chi connectivity index (χ1) is 14.6. The van der Waals surface area contributed by atoms with E-state index in [4.69, 9.17) is 4.98 Å². The van der Waals surface area contributed by atoms with Crippen LogP contribution in [0.25, 0.3) is 11.3 Å². The fourth-order valence-corrected chi connectivity index (χ4v) is 3.69. The molecule has 3 aromatic rings. The summed E-state index contributed by atoms with van der Waals surface area (Å²) in [6.45, 7) is 8.29. The fraction of sp³-hybridized carbons (Fsp3) is 0.280. The minimum absolute atomic E-state index is 0.598. The molecule has 1 aliphatic rings. The molecule has 0 bridgehead atoms. The van der Waals surface area contributed by atoms with Gasteiger partial charge in [-0.25, -0.2) is 9.97 Å². The average Bonchev–Trinajstić information content (AvgIpc) is 2.80. The van der Waals surface area contributed by atoms with Crippen LogP contribution in [0, 0.1) is 0 Å². The van der Waals surface area contributed by atoms with Crippen LogP contribution >= 0.6 is 0 Å². The van der Waals surface area contributed by atoms with Gasteiger partial charge in [-0.1, -0.05) is 18.7 Å². The third-order valence-electron chi connectivity index (χ3n) is 5.62. The average molecular weight is 400 g/mol. The van der Waals surface area contributed by atoms with Crippen molar-refractivity contribution in [2.75, 3.05) is 35.3 Å². The largest absolute Gasteiger partial charge is 0.372 e. The Bertz CT molecular complexity index is 989. The van der Waals surface area contributed by atoms with Gasteiger partial charge in [0.05, 0.1) is 5.69 Å². The van der Waals surface area contributed by atoms with E-state index in [1.165, 1.54) is 24.9 Å². The van der Waals surface area contributed by atoms with Gasteiger partial charge in [-0.05, 0) is 68.7 Å². The molecule has 5 nitrogen and oxygen atoms in total. The summed E-state index contributed by atoms with van der Waals surface area (Å²) >= 11 is 0. The first kappa shape index (κ1) is 20.0. The van der Waals surface area contributed by atoms with Crippen molar-refractivity contribution in [3.8, 4) is 11.3 Å². The van der Waals surface area contributed by atoms with Crippen molar-refractivity contribution in [2.45, 2.75) is 26.2 Å². The molecule has 0 atom stereocenters. The summed E-state index contributed by atoms with van der Waals surface area (Å²) in [5.74, 6) is 0.598. The number of hydrogen-bond donors (Lipinski definition) is 1. The van der Waals surface area contributed by atoms with Gasteiger partial charge in [-0.2, -0.15) is 0 Å². The Balaban J connectivity index is 1.46. The van der Waals surface area contributed by atoms with E-state index in [-0.39, 0.29) is 0 Å². The standard InChI is InChI=1S/C25H29N5/c1-19(2)29(3)22-11-7-20(8-12-22)24-15-16-26-25(28-24)27-21-9-13-23(14-10-21)30-17-5-4-6-18-30/h7-16H,1,4-6,17-18H2,2-3H3,(H,26,27,28). The highest BCUT2D eigenvalue weighted by Crippen LogP contribution is 2.25. The molecule has 1 N–H and O–H groups in total. The lowest BCUT2D eigenvalue weighted by molar-refractivity contribution is 0.578. The summed E-state index contributed by atoms with van der Waals surface area (Å²) in [5.41, 5.74) is 6.33. The smallest absolute Gasteiger partial charge is 0.227 e. The van der Waals surface area contributed by atoms with E-state index in [9.17, 15) is 0 Å². The maximum Gasteiger partial charge on any atom is 0.227 e. The van der Waals surface area contributed by atoms with E-state index in [1.54, 1.807) is 6.20 Å². The third kappa shape index (κ3) is 4.62. The number of allylic oxidation sites excluding steroid dienone is 1. The van der Waals surface area contributed by atoms with Gasteiger partial charge in [0.15, 0.2) is 0 Å². The molecule has 0 saturated carbocycles. The van der Waals surface area contributed by atoms with Gasteiger partial charge in [-0.3, -0.25) is 0 Å². The monoisotopic (exact) mass is 399 g/mol. The van der Waals surface area contributed by atoms with Crippen molar-refractivity contribution < 1.29 is 0 Å². The number of nitrogens with one attached hydrogen (secondary N) is 1. The minimum atomic E-state index is 0.598. The van der Waals surface area contributed by atoms with Crippen molar-refractivity contribution >= 4 is 23.0 Å². The number of piperidine rings is 1. The molecule has 0 radical (unpaired) electrons. The predicted octanol–water partition coefficient (Wildman–Crippen LogP) is 5.85. The van der Waals surface area contributed by atoms with E-state index in [2.05, 4.69) is 75.2 Å². The van der Waals surface area contributed by atoms with Gasteiger partial charge in [0.2, 0.25) is 5.95 Å². The zero-order valence-electron chi connectivity index (χ0n) is 17.8. The number of benzene rings is 2. The number of rotatable bonds is 6. The zero-order valence-corrected chi connectivity index (χ0v) is 17.8. The van der Waals surface area contributed by atoms with E-state index in [1.807, 2.05) is 20.0 Å². The second kappa shape index (κ2) is 8.99. The molecule has 1 aliphatic heterocycles. The Morgan fingerprint density at radius 1 is 0.967 bits per heavy atom. The maximum absolute atomic E-state index is 4.70. The van der Waals surface area contributed by atoms with Crippen molar-refractivity contribution in [1.29, 1.82) is 0 Å². The number of aromatic nitrogens is 2. The molecule has 0 unspecified atom stereocenters. The van der Waals surface area contributed by atoms with Gasteiger partial charge >= 0.3 is 0 Å². The van der Waals surface area contributed by atoms with Crippen LogP contribution < -0.4 is 15.1 Å². The SMILES string of the molecule is C=C(C)N(C)c1ccc(-c2ccnc(Nc3ccc(N4CCCCC4)cc3)n2)cc1. The molecule has 2 heterocycles. The molecule has 1 aromatic heterocycles. The van der Waals surface area contributed by atoms with Gasteiger partial charge in [0, 0.05) is 54.7 Å².